The van der Waals surface area contributed by atoms with Gasteiger partial charge in [-0.25, -0.2) is 0 Å². The van der Waals surface area contributed by atoms with Gasteiger partial charge in [0.1, 0.15) is 42.2 Å². The van der Waals surface area contributed by atoms with Crippen molar-refractivity contribution in [2.24, 2.45) is 0 Å². The van der Waals surface area contributed by atoms with Crippen molar-refractivity contribution >= 4 is 0 Å². The molecule has 2 aliphatic heterocycles. The maximum absolute atomic E-state index is 10.2. The van der Waals surface area contributed by atoms with E-state index in [9.17, 15) is 30.6 Å². The van der Waals surface area contributed by atoms with E-state index >= 15 is 0 Å². The molecule has 0 radical (unpaired) electrons. The van der Waals surface area contributed by atoms with Gasteiger partial charge in [-0.3, -0.25) is 0 Å². The van der Waals surface area contributed by atoms with Gasteiger partial charge in [-0.2, -0.15) is 0 Å². The number of rotatable bonds is 7. The van der Waals surface area contributed by atoms with Gasteiger partial charge in [0, 0.05) is 0 Å². The molecule has 0 spiro atoms. The fourth-order valence-electron chi connectivity index (χ4n) is 3.42. The molecule has 0 bridgehead atoms. The second kappa shape index (κ2) is 9.96. The Morgan fingerprint density at radius 2 is 1.63 bits per heavy atom. The molecule has 30 heavy (non-hydrogen) atoms. The Labute approximate surface area is 174 Å². The minimum Gasteiger partial charge on any atom is -0.387 e. The molecule has 4 unspecified atom stereocenters. The van der Waals surface area contributed by atoms with Crippen LogP contribution >= 0.6 is 0 Å². The molecule has 10 nitrogen and oxygen atoms in total. The lowest BCUT2D eigenvalue weighted by Crippen LogP contribution is -2.62. The smallest absolute Gasteiger partial charge is 0.186 e. The summed E-state index contributed by atoms with van der Waals surface area (Å²) in [5.41, 5.74) is -0.598. The van der Waals surface area contributed by atoms with Crippen LogP contribution in [0.3, 0.4) is 0 Å². The molecule has 0 aromatic heterocycles. The quantitative estimate of drug-likeness (QED) is 0.283. The van der Waals surface area contributed by atoms with E-state index in [2.05, 4.69) is 0 Å². The Kier molecular flexibility index (Phi) is 7.80. The van der Waals surface area contributed by atoms with Crippen molar-refractivity contribution in [3.8, 4) is 0 Å². The van der Waals surface area contributed by atoms with Crippen LogP contribution in [0.25, 0.3) is 0 Å². The first-order valence-corrected chi connectivity index (χ1v) is 9.87. The summed E-state index contributed by atoms with van der Waals surface area (Å²) in [6.07, 6.45) is -10.5. The highest BCUT2D eigenvalue weighted by Gasteiger charge is 2.48. The predicted octanol–water partition coefficient (Wildman–Crippen LogP) is -2.10. The largest absolute Gasteiger partial charge is 0.387 e. The van der Waals surface area contributed by atoms with Crippen LogP contribution in [0.4, 0.5) is 0 Å². The average molecular weight is 430 g/mol. The van der Waals surface area contributed by atoms with Crippen LogP contribution in [0.5, 0.6) is 0 Å². The summed E-state index contributed by atoms with van der Waals surface area (Å²) >= 11 is 0. The van der Waals surface area contributed by atoms with Crippen molar-refractivity contribution in [3.63, 3.8) is 0 Å². The van der Waals surface area contributed by atoms with Gasteiger partial charge in [-0.1, -0.05) is 30.3 Å². The zero-order valence-corrected chi connectivity index (χ0v) is 16.7. The molecule has 2 heterocycles. The number of hydrogen-bond donors (Lipinski definition) is 6. The van der Waals surface area contributed by atoms with E-state index in [1.54, 1.807) is 0 Å². The zero-order valence-electron chi connectivity index (χ0n) is 16.7. The first-order valence-electron chi connectivity index (χ1n) is 9.87. The van der Waals surface area contributed by atoms with Crippen molar-refractivity contribution in [2.75, 3.05) is 19.8 Å². The molecule has 2 fully saturated rings. The minimum absolute atomic E-state index is 0.216. The standard InChI is InChI=1S/C20H30O10/c1-20(26)10-29-18(16(24)17(20)25)28-9-12-13(21)14(22)15(23)19(30-12)27-8-7-11-5-3-2-4-6-11/h2-6,12-19,21-26H,7-10H2,1H3/t12?,13-,14-,15?,16?,17+,18+,19?,20+/m0/s1. The SMILES string of the molecule is C[C@@]1(O)CO[C@@H](OCC2OC(OCCc3ccccc3)C(O)[C@@H](O)[C@H]2O)C(O)[C@H]1O. The van der Waals surface area contributed by atoms with Crippen molar-refractivity contribution in [2.45, 2.75) is 68.1 Å². The maximum atomic E-state index is 10.2. The third-order valence-electron chi connectivity index (χ3n) is 5.39. The predicted molar refractivity (Wildman–Crippen MR) is 101 cm³/mol. The van der Waals surface area contributed by atoms with Crippen molar-refractivity contribution in [3.05, 3.63) is 35.9 Å². The lowest BCUT2D eigenvalue weighted by Gasteiger charge is -2.43. The number of hydrogen-bond acceptors (Lipinski definition) is 10. The van der Waals surface area contributed by atoms with E-state index in [0.717, 1.165) is 5.56 Å². The molecule has 170 valence electrons. The highest BCUT2D eigenvalue weighted by Crippen LogP contribution is 2.27. The van der Waals surface area contributed by atoms with E-state index in [4.69, 9.17) is 18.9 Å². The normalized spacial score (nSPS) is 42.2. The van der Waals surface area contributed by atoms with E-state index in [0.29, 0.717) is 6.42 Å². The molecular formula is C20H30O10. The summed E-state index contributed by atoms with van der Waals surface area (Å²) in [6, 6.07) is 9.55. The molecule has 0 aliphatic carbocycles. The summed E-state index contributed by atoms with van der Waals surface area (Å²) in [6.45, 7) is 0.949. The van der Waals surface area contributed by atoms with Gasteiger partial charge in [0.05, 0.1) is 19.8 Å². The second-order valence-electron chi connectivity index (χ2n) is 7.93. The van der Waals surface area contributed by atoms with E-state index in [1.165, 1.54) is 6.92 Å². The number of benzene rings is 1. The average Bonchev–Trinajstić information content (AvgIpc) is 2.73. The van der Waals surface area contributed by atoms with Gasteiger partial charge in [0.2, 0.25) is 0 Å². The van der Waals surface area contributed by atoms with Crippen LogP contribution in [0.15, 0.2) is 30.3 Å². The molecule has 6 N–H and O–H groups in total. The summed E-state index contributed by atoms with van der Waals surface area (Å²) in [5.74, 6) is 0. The molecule has 9 atom stereocenters. The van der Waals surface area contributed by atoms with Crippen LogP contribution in [0.1, 0.15) is 12.5 Å². The molecule has 3 rings (SSSR count). The van der Waals surface area contributed by atoms with Gasteiger partial charge in [-0.15, -0.1) is 0 Å². The molecule has 2 saturated heterocycles. The monoisotopic (exact) mass is 430 g/mol. The third-order valence-corrected chi connectivity index (χ3v) is 5.39. The van der Waals surface area contributed by atoms with E-state index in [1.807, 2.05) is 30.3 Å². The van der Waals surface area contributed by atoms with Crippen molar-refractivity contribution in [1.82, 2.24) is 0 Å². The topological polar surface area (TPSA) is 158 Å². The summed E-state index contributed by atoms with van der Waals surface area (Å²) in [4.78, 5) is 0. The summed E-state index contributed by atoms with van der Waals surface area (Å²) < 4.78 is 21.7. The summed E-state index contributed by atoms with van der Waals surface area (Å²) in [5, 5.41) is 60.4. The summed E-state index contributed by atoms with van der Waals surface area (Å²) in [7, 11) is 0. The molecular weight excluding hydrogens is 400 g/mol. The Hall–Kier alpha value is -1.18. The Morgan fingerprint density at radius 3 is 2.33 bits per heavy atom. The Morgan fingerprint density at radius 1 is 0.933 bits per heavy atom. The van der Waals surface area contributed by atoms with Gasteiger partial charge in [0.25, 0.3) is 0 Å². The van der Waals surface area contributed by atoms with Crippen LogP contribution in [-0.4, -0.2) is 105 Å². The van der Waals surface area contributed by atoms with Crippen LogP contribution < -0.4 is 0 Å². The molecule has 10 heteroatoms. The first kappa shape index (κ1) is 23.5. The Balaban J connectivity index is 1.52. The van der Waals surface area contributed by atoms with Gasteiger partial charge in [-0.05, 0) is 18.9 Å². The molecule has 0 amide bonds. The first-order chi connectivity index (χ1) is 14.2. The fourth-order valence-corrected chi connectivity index (χ4v) is 3.42. The highest BCUT2D eigenvalue weighted by atomic mass is 16.7. The lowest BCUT2D eigenvalue weighted by molar-refractivity contribution is -0.327. The lowest BCUT2D eigenvalue weighted by atomic mass is 9.93. The minimum atomic E-state index is -1.63. The molecule has 1 aromatic rings. The number of aliphatic hydroxyl groups excluding tert-OH is 5. The van der Waals surface area contributed by atoms with Crippen LogP contribution in [0.2, 0.25) is 0 Å². The third kappa shape index (κ3) is 5.35. The van der Waals surface area contributed by atoms with E-state index in [-0.39, 0.29) is 19.8 Å². The van der Waals surface area contributed by atoms with Gasteiger partial charge in [0.15, 0.2) is 12.6 Å². The molecule has 1 aromatic carbocycles. The molecule has 2 aliphatic rings. The fraction of sp³-hybridized carbons (Fsp3) is 0.700. The maximum Gasteiger partial charge on any atom is 0.186 e. The zero-order chi connectivity index (χ0) is 21.9. The highest BCUT2D eigenvalue weighted by molar-refractivity contribution is 5.14. The van der Waals surface area contributed by atoms with Crippen molar-refractivity contribution in [1.29, 1.82) is 0 Å². The number of ether oxygens (including phenoxy) is 4. The second-order valence-corrected chi connectivity index (χ2v) is 7.93. The van der Waals surface area contributed by atoms with E-state index < -0.39 is 54.8 Å². The van der Waals surface area contributed by atoms with Crippen LogP contribution in [-0.2, 0) is 25.4 Å². The van der Waals surface area contributed by atoms with Crippen molar-refractivity contribution < 1.29 is 49.6 Å². The van der Waals surface area contributed by atoms with Gasteiger partial charge < -0.3 is 49.6 Å². The van der Waals surface area contributed by atoms with Crippen LogP contribution in [0, 0.1) is 0 Å². The molecule has 0 saturated carbocycles. The Bertz CT molecular complexity index is 656. The van der Waals surface area contributed by atoms with Gasteiger partial charge >= 0.3 is 0 Å². The number of aliphatic hydroxyl groups is 6.